The van der Waals surface area contributed by atoms with Crippen LogP contribution >= 0.6 is 7.82 Å². The highest BCUT2D eigenvalue weighted by Gasteiger charge is 2.55. The molecule has 2 N–H and O–H groups in total. The van der Waals surface area contributed by atoms with Crippen LogP contribution in [0.1, 0.15) is 34.1 Å². The molecule has 0 saturated carbocycles. The number of hydrogen-bond acceptors (Lipinski definition) is 10. The van der Waals surface area contributed by atoms with Crippen LogP contribution in [0.4, 0.5) is 0 Å². The molecule has 0 bridgehead atoms. The number of phosphoric acid groups is 1. The Balaban J connectivity index is 1.99. The number of rotatable bonds is 10. The predicted octanol–water partition coefficient (Wildman–Crippen LogP) is -1.07. The molecule has 7 atom stereocenters. The van der Waals surface area contributed by atoms with Crippen LogP contribution < -0.4 is 4.89 Å². The molecular weight excluding hydrogens is 405 g/mol. The van der Waals surface area contributed by atoms with Gasteiger partial charge < -0.3 is 43.1 Å². The smallest absolute Gasteiger partial charge is 0.268 e. The maximum Gasteiger partial charge on any atom is 0.268 e. The van der Waals surface area contributed by atoms with E-state index in [1.165, 1.54) is 0 Å². The van der Waals surface area contributed by atoms with Crippen molar-refractivity contribution in [1.82, 2.24) is 0 Å². The molecule has 0 aromatic rings. The highest BCUT2D eigenvalue weighted by atomic mass is 31.2. The first kappa shape index (κ1) is 25.3. The van der Waals surface area contributed by atoms with E-state index in [4.69, 9.17) is 43.7 Å². The van der Waals surface area contributed by atoms with Gasteiger partial charge in [0.15, 0.2) is 0 Å². The molecule has 0 spiro atoms. The number of hydrogen-bond donors (Lipinski definition) is 2. The second-order valence-corrected chi connectivity index (χ2v) is 9.06. The molecule has 4 radical (unpaired) electrons. The standard InChI is InChI=1S/C16H29B2O10P/c1-8(2)23-6-12-14(16(19,20)15(18)27-12)28-29(21,22)24-7-11-10(25-9(3)4)5-13(17)26-11/h8-15,19-20H,5-7H2,1-4H3,(H,21,22)/p-1. The summed E-state index contributed by atoms with van der Waals surface area (Å²) in [5, 5.41) is 20.3. The molecule has 7 unspecified atom stereocenters. The molecule has 29 heavy (non-hydrogen) atoms. The third kappa shape index (κ3) is 7.00. The van der Waals surface area contributed by atoms with Crippen molar-refractivity contribution in [3.63, 3.8) is 0 Å². The van der Waals surface area contributed by atoms with E-state index in [1.807, 2.05) is 13.8 Å². The molecule has 10 nitrogen and oxygen atoms in total. The Morgan fingerprint density at radius 1 is 1.14 bits per heavy atom. The highest BCUT2D eigenvalue weighted by Crippen LogP contribution is 2.46. The fourth-order valence-electron chi connectivity index (χ4n) is 3.08. The normalized spacial score (nSPS) is 36.7. The van der Waals surface area contributed by atoms with Crippen LogP contribution in [0.2, 0.25) is 0 Å². The maximum atomic E-state index is 12.3. The molecule has 2 rings (SSSR count). The third-order valence-corrected chi connectivity index (χ3v) is 5.36. The van der Waals surface area contributed by atoms with E-state index in [-0.39, 0.29) is 18.8 Å². The monoisotopic (exact) mass is 433 g/mol. The second kappa shape index (κ2) is 10.1. The van der Waals surface area contributed by atoms with Crippen LogP contribution in [0, 0.1) is 0 Å². The quantitative estimate of drug-likeness (QED) is 0.249. The fraction of sp³-hybridized carbons (Fsp3) is 1.00. The van der Waals surface area contributed by atoms with Crippen molar-refractivity contribution in [2.45, 2.75) is 88.5 Å². The SMILES string of the molecule is [B]C1CC(OC(C)C)C(COP(=O)([O-])OC2C(COC(C)C)OC([B])C2(O)O)O1. The summed E-state index contributed by atoms with van der Waals surface area (Å²) in [5.74, 6) is -2.76. The van der Waals surface area contributed by atoms with Crippen LogP contribution in [0.5, 0.6) is 0 Å². The lowest BCUT2D eigenvalue weighted by atomic mass is 9.90. The van der Waals surface area contributed by atoms with Gasteiger partial charge in [0.05, 0.1) is 37.5 Å². The Kier molecular flexibility index (Phi) is 8.78. The topological polar surface area (TPSA) is 136 Å². The number of aliphatic hydroxyl groups is 2. The second-order valence-electron chi connectivity index (χ2n) is 7.70. The Hall–Kier alpha value is -0.000130. The molecule has 2 fully saturated rings. The summed E-state index contributed by atoms with van der Waals surface area (Å²) >= 11 is 0. The van der Waals surface area contributed by atoms with Gasteiger partial charge in [-0.05, 0) is 34.1 Å². The Labute approximate surface area is 173 Å². The highest BCUT2D eigenvalue weighted by molar-refractivity contribution is 7.45. The summed E-state index contributed by atoms with van der Waals surface area (Å²) < 4.78 is 43.8. The van der Waals surface area contributed by atoms with E-state index in [2.05, 4.69) is 0 Å². The van der Waals surface area contributed by atoms with E-state index < -0.39 is 56.6 Å². The van der Waals surface area contributed by atoms with Gasteiger partial charge in [0, 0.05) is 6.00 Å². The summed E-state index contributed by atoms with van der Waals surface area (Å²) in [4.78, 5) is 12.3. The van der Waals surface area contributed by atoms with Crippen molar-refractivity contribution in [2.24, 2.45) is 0 Å². The molecule has 2 aliphatic heterocycles. The Morgan fingerprint density at radius 2 is 1.79 bits per heavy atom. The van der Waals surface area contributed by atoms with Gasteiger partial charge in [-0.2, -0.15) is 0 Å². The average molecular weight is 433 g/mol. The molecule has 2 saturated heterocycles. The molecule has 0 aliphatic carbocycles. The van der Waals surface area contributed by atoms with Gasteiger partial charge in [-0.15, -0.1) is 0 Å². The van der Waals surface area contributed by atoms with Crippen molar-refractivity contribution < 1.29 is 47.7 Å². The van der Waals surface area contributed by atoms with E-state index in [0.717, 1.165) is 0 Å². The van der Waals surface area contributed by atoms with Crippen LogP contribution in [0.25, 0.3) is 0 Å². The molecule has 13 heteroatoms. The zero-order valence-corrected chi connectivity index (χ0v) is 17.9. The summed E-state index contributed by atoms with van der Waals surface area (Å²) in [7, 11) is 6.27. The van der Waals surface area contributed by atoms with E-state index in [9.17, 15) is 19.7 Å². The molecular formula is C16H28B2O10P-. The van der Waals surface area contributed by atoms with E-state index in [1.54, 1.807) is 13.8 Å². The lowest BCUT2D eigenvalue weighted by Crippen LogP contribution is -2.50. The van der Waals surface area contributed by atoms with Crippen LogP contribution in [0.3, 0.4) is 0 Å². The Bertz CT molecular complexity index is 578. The zero-order chi connectivity index (χ0) is 22.0. The van der Waals surface area contributed by atoms with Crippen molar-refractivity contribution >= 4 is 23.5 Å². The third-order valence-electron chi connectivity index (χ3n) is 4.41. The molecule has 0 aromatic heterocycles. The molecule has 0 aromatic carbocycles. The largest absolute Gasteiger partial charge is 0.756 e. The fourth-order valence-corrected chi connectivity index (χ4v) is 4.04. The van der Waals surface area contributed by atoms with Crippen molar-refractivity contribution in [2.75, 3.05) is 13.2 Å². The van der Waals surface area contributed by atoms with E-state index >= 15 is 0 Å². The van der Waals surface area contributed by atoms with Gasteiger partial charge in [0.1, 0.15) is 34.0 Å². The van der Waals surface area contributed by atoms with Crippen molar-refractivity contribution in [3.8, 4) is 0 Å². The van der Waals surface area contributed by atoms with Gasteiger partial charge >= 0.3 is 0 Å². The predicted molar refractivity (Wildman–Crippen MR) is 100 cm³/mol. The van der Waals surface area contributed by atoms with E-state index in [0.29, 0.717) is 6.42 Å². The number of phosphoric ester groups is 1. The minimum absolute atomic E-state index is 0.116. The first-order valence-corrected chi connectivity index (χ1v) is 11.0. The van der Waals surface area contributed by atoms with Gasteiger partial charge in [-0.3, -0.25) is 4.57 Å². The number of ether oxygens (including phenoxy) is 4. The minimum atomic E-state index is -5.00. The lowest BCUT2D eigenvalue weighted by molar-refractivity contribution is -0.259. The summed E-state index contributed by atoms with van der Waals surface area (Å²) in [6.07, 6.45) is -4.00. The Morgan fingerprint density at radius 3 is 2.38 bits per heavy atom. The van der Waals surface area contributed by atoms with Gasteiger partial charge in [0.25, 0.3) is 7.82 Å². The minimum Gasteiger partial charge on any atom is -0.756 e. The lowest BCUT2D eigenvalue weighted by Gasteiger charge is -2.34. The average Bonchev–Trinajstić information content (AvgIpc) is 3.02. The van der Waals surface area contributed by atoms with Crippen molar-refractivity contribution in [3.05, 3.63) is 0 Å². The summed E-state index contributed by atoms with van der Waals surface area (Å²) in [6.45, 7) is 6.58. The van der Waals surface area contributed by atoms with Crippen LogP contribution in [-0.2, 0) is 32.6 Å². The van der Waals surface area contributed by atoms with Gasteiger partial charge in [-0.1, -0.05) is 0 Å². The molecule has 2 heterocycles. The molecule has 2 aliphatic rings. The van der Waals surface area contributed by atoms with Gasteiger partial charge in [-0.25, -0.2) is 0 Å². The zero-order valence-electron chi connectivity index (χ0n) is 17.0. The molecule has 164 valence electrons. The van der Waals surface area contributed by atoms with Crippen LogP contribution in [-0.4, -0.2) is 93.5 Å². The summed E-state index contributed by atoms with van der Waals surface area (Å²) in [6, 6.07) is -2.20. The van der Waals surface area contributed by atoms with Gasteiger partial charge in [0.2, 0.25) is 5.79 Å². The van der Waals surface area contributed by atoms with Crippen LogP contribution in [0.15, 0.2) is 0 Å². The molecule has 0 amide bonds. The first-order valence-electron chi connectivity index (χ1n) is 9.49. The first-order chi connectivity index (χ1) is 13.3. The maximum absolute atomic E-state index is 12.3. The summed E-state index contributed by atoms with van der Waals surface area (Å²) in [5.41, 5.74) is 0. The van der Waals surface area contributed by atoms with Crippen molar-refractivity contribution in [1.29, 1.82) is 0 Å².